The smallest absolute Gasteiger partial charge is 0.375 e. The SMILES string of the molecule is CNC(C)(C)C#Cc1cccc2c1COCCN2C(C)C.O=CC1(C(F)(F)F)CC1. The fraction of sp³-hybridized carbons (Fsp3) is 0.609. The first-order valence-corrected chi connectivity index (χ1v) is 10.2. The van der Waals surface area contributed by atoms with Gasteiger partial charge in [0.15, 0.2) is 0 Å². The van der Waals surface area contributed by atoms with Crippen molar-refractivity contribution in [2.45, 2.75) is 64.9 Å². The second kappa shape index (κ2) is 9.40. The predicted molar refractivity (Wildman–Crippen MR) is 112 cm³/mol. The van der Waals surface area contributed by atoms with Crippen molar-refractivity contribution in [3.63, 3.8) is 0 Å². The van der Waals surface area contributed by atoms with Crippen LogP contribution in [0.2, 0.25) is 0 Å². The zero-order valence-corrected chi connectivity index (χ0v) is 18.3. The molecule has 0 saturated heterocycles. The van der Waals surface area contributed by atoms with Crippen LogP contribution in [0.1, 0.15) is 51.7 Å². The number of benzene rings is 1. The molecule has 1 saturated carbocycles. The van der Waals surface area contributed by atoms with Crippen LogP contribution in [0.5, 0.6) is 0 Å². The third-order valence-electron chi connectivity index (χ3n) is 5.52. The van der Waals surface area contributed by atoms with Crippen LogP contribution >= 0.6 is 0 Å². The highest BCUT2D eigenvalue weighted by molar-refractivity contribution is 5.65. The van der Waals surface area contributed by atoms with Gasteiger partial charge < -0.3 is 19.7 Å². The summed E-state index contributed by atoms with van der Waals surface area (Å²) >= 11 is 0. The number of aldehydes is 1. The quantitative estimate of drug-likeness (QED) is 0.580. The van der Waals surface area contributed by atoms with E-state index in [1.165, 1.54) is 11.3 Å². The van der Waals surface area contributed by atoms with E-state index in [-0.39, 0.29) is 24.7 Å². The molecule has 0 radical (unpaired) electrons. The van der Waals surface area contributed by atoms with Crippen molar-refractivity contribution in [1.29, 1.82) is 0 Å². The fourth-order valence-corrected chi connectivity index (χ4v) is 3.00. The van der Waals surface area contributed by atoms with Gasteiger partial charge in [0, 0.05) is 29.4 Å². The van der Waals surface area contributed by atoms with Crippen molar-refractivity contribution in [1.82, 2.24) is 5.32 Å². The van der Waals surface area contributed by atoms with E-state index in [1.807, 2.05) is 7.05 Å². The number of nitrogens with zero attached hydrogens (tertiary/aromatic N) is 1. The van der Waals surface area contributed by atoms with Crippen LogP contribution in [0.15, 0.2) is 18.2 Å². The summed E-state index contributed by atoms with van der Waals surface area (Å²) < 4.78 is 40.8. The lowest BCUT2D eigenvalue weighted by molar-refractivity contribution is -0.183. The number of anilines is 1. The fourth-order valence-electron chi connectivity index (χ4n) is 3.00. The summed E-state index contributed by atoms with van der Waals surface area (Å²) in [5, 5.41) is 3.22. The van der Waals surface area contributed by atoms with E-state index < -0.39 is 11.6 Å². The number of carbonyl (C=O) groups excluding carboxylic acids is 1. The Labute approximate surface area is 177 Å². The van der Waals surface area contributed by atoms with Gasteiger partial charge in [-0.2, -0.15) is 13.2 Å². The highest BCUT2D eigenvalue weighted by Gasteiger charge is 2.63. The Morgan fingerprint density at radius 3 is 2.40 bits per heavy atom. The molecule has 1 aromatic rings. The number of hydrogen-bond acceptors (Lipinski definition) is 4. The molecule has 1 fully saturated rings. The van der Waals surface area contributed by atoms with Gasteiger partial charge in [0.05, 0.1) is 18.8 Å². The molecule has 1 aliphatic heterocycles. The Kier molecular flexibility index (Phi) is 7.59. The summed E-state index contributed by atoms with van der Waals surface area (Å²) in [6.07, 6.45) is -4.36. The minimum absolute atomic E-state index is 0.00694. The molecular formula is C23H31F3N2O2. The normalized spacial score (nSPS) is 17.7. The van der Waals surface area contributed by atoms with Crippen LogP contribution in [0, 0.1) is 17.3 Å². The van der Waals surface area contributed by atoms with Crippen molar-refractivity contribution in [2.75, 3.05) is 25.1 Å². The van der Waals surface area contributed by atoms with Crippen LogP contribution < -0.4 is 10.2 Å². The summed E-state index contributed by atoms with van der Waals surface area (Å²) in [5.74, 6) is 6.64. The monoisotopic (exact) mass is 424 g/mol. The van der Waals surface area contributed by atoms with E-state index in [4.69, 9.17) is 4.74 Å². The molecule has 1 aliphatic carbocycles. The van der Waals surface area contributed by atoms with Crippen molar-refractivity contribution in [3.8, 4) is 11.8 Å². The maximum absolute atomic E-state index is 11.7. The number of carbonyl (C=O) groups is 1. The number of rotatable bonds is 3. The Balaban J connectivity index is 0.000000297. The molecule has 0 aromatic heterocycles. The van der Waals surface area contributed by atoms with E-state index in [1.54, 1.807) is 0 Å². The molecule has 0 spiro atoms. The average molecular weight is 425 g/mol. The van der Waals surface area contributed by atoms with Gasteiger partial charge in [-0.25, -0.2) is 0 Å². The van der Waals surface area contributed by atoms with Gasteiger partial charge >= 0.3 is 6.18 Å². The van der Waals surface area contributed by atoms with Crippen molar-refractivity contribution >= 4 is 12.0 Å². The van der Waals surface area contributed by atoms with Gasteiger partial charge in [0.25, 0.3) is 0 Å². The molecule has 1 N–H and O–H groups in total. The van der Waals surface area contributed by atoms with Gasteiger partial charge in [-0.3, -0.25) is 0 Å². The van der Waals surface area contributed by atoms with Gasteiger partial charge in [-0.05, 0) is 59.7 Å². The summed E-state index contributed by atoms with van der Waals surface area (Å²) in [4.78, 5) is 12.2. The number of halogens is 3. The maximum atomic E-state index is 11.7. The number of nitrogens with one attached hydrogen (secondary N) is 1. The second-order valence-electron chi connectivity index (χ2n) is 8.54. The summed E-state index contributed by atoms with van der Waals surface area (Å²) in [6.45, 7) is 10.9. The summed E-state index contributed by atoms with van der Waals surface area (Å²) in [5.41, 5.74) is 1.40. The van der Waals surface area contributed by atoms with Crippen LogP contribution in [-0.4, -0.2) is 44.2 Å². The molecule has 0 unspecified atom stereocenters. The largest absolute Gasteiger partial charge is 0.401 e. The highest BCUT2D eigenvalue weighted by atomic mass is 19.4. The second-order valence-corrected chi connectivity index (χ2v) is 8.54. The molecule has 3 rings (SSSR count). The number of fused-ring (bicyclic) bond motifs is 1. The van der Waals surface area contributed by atoms with E-state index >= 15 is 0 Å². The zero-order valence-electron chi connectivity index (χ0n) is 18.3. The van der Waals surface area contributed by atoms with Crippen molar-refractivity contribution < 1.29 is 22.7 Å². The van der Waals surface area contributed by atoms with E-state index in [0.29, 0.717) is 12.6 Å². The molecule has 166 valence electrons. The van der Waals surface area contributed by atoms with Gasteiger partial charge in [-0.1, -0.05) is 17.9 Å². The zero-order chi connectivity index (χ0) is 22.6. The van der Waals surface area contributed by atoms with E-state index in [0.717, 1.165) is 18.7 Å². The molecule has 0 atom stereocenters. The lowest BCUT2D eigenvalue weighted by Gasteiger charge is -2.28. The Morgan fingerprint density at radius 2 is 1.93 bits per heavy atom. The van der Waals surface area contributed by atoms with Crippen molar-refractivity contribution in [2.24, 2.45) is 5.41 Å². The minimum atomic E-state index is -4.31. The Hall–Kier alpha value is -2.04. The van der Waals surface area contributed by atoms with Crippen LogP contribution in [0.4, 0.5) is 18.9 Å². The van der Waals surface area contributed by atoms with Crippen LogP contribution in [0.3, 0.4) is 0 Å². The molecule has 0 bridgehead atoms. The molecule has 1 aromatic carbocycles. The van der Waals surface area contributed by atoms with Crippen molar-refractivity contribution in [3.05, 3.63) is 29.3 Å². The molecule has 2 aliphatic rings. The minimum Gasteiger partial charge on any atom is -0.375 e. The number of ether oxygens (including phenoxy) is 1. The third kappa shape index (κ3) is 5.77. The first kappa shape index (κ1) is 24.2. The lowest BCUT2D eigenvalue weighted by Crippen LogP contribution is -2.34. The average Bonchev–Trinajstić information content (AvgIpc) is 3.50. The lowest BCUT2D eigenvalue weighted by atomic mass is 10.0. The van der Waals surface area contributed by atoms with Gasteiger partial charge in [0.2, 0.25) is 0 Å². The van der Waals surface area contributed by atoms with Gasteiger partial charge in [-0.15, -0.1) is 0 Å². The third-order valence-corrected chi connectivity index (χ3v) is 5.52. The van der Waals surface area contributed by atoms with Gasteiger partial charge in [0.1, 0.15) is 11.7 Å². The Morgan fingerprint density at radius 1 is 1.27 bits per heavy atom. The molecule has 7 heteroatoms. The van der Waals surface area contributed by atoms with Crippen LogP contribution in [-0.2, 0) is 16.1 Å². The topological polar surface area (TPSA) is 41.6 Å². The predicted octanol–water partition coefficient (Wildman–Crippen LogP) is 4.31. The first-order chi connectivity index (χ1) is 14.0. The maximum Gasteiger partial charge on any atom is 0.401 e. The molecule has 0 amide bonds. The summed E-state index contributed by atoms with van der Waals surface area (Å²) in [7, 11) is 1.93. The standard InChI is InChI=1S/C18H26N2O.C5H5F3O/c1-14(2)20-11-12-21-13-16-15(7-6-8-17(16)20)9-10-18(3,4)19-5;6-5(7,8)4(3-9)1-2-4/h6-8,14,19H,11-13H2,1-5H3;3H,1-2H2. The number of alkyl halides is 3. The number of hydrogen-bond donors (Lipinski definition) is 1. The first-order valence-electron chi connectivity index (χ1n) is 10.2. The Bertz CT molecular complexity index is 803. The van der Waals surface area contributed by atoms with E-state index in [9.17, 15) is 18.0 Å². The van der Waals surface area contributed by atoms with Crippen LogP contribution in [0.25, 0.3) is 0 Å². The van der Waals surface area contributed by atoms with E-state index in [2.05, 4.69) is 68.0 Å². The molecule has 4 nitrogen and oxygen atoms in total. The molecule has 1 heterocycles. The molecule has 30 heavy (non-hydrogen) atoms. The summed E-state index contributed by atoms with van der Waals surface area (Å²) in [6, 6.07) is 6.82. The molecular weight excluding hydrogens is 393 g/mol. The highest BCUT2D eigenvalue weighted by Crippen LogP contribution is 2.55.